The molecule has 3 rings (SSSR count). The minimum Gasteiger partial charge on any atom is -0.335 e. The van der Waals surface area contributed by atoms with Crippen molar-refractivity contribution in [3.8, 4) is 11.5 Å². The molecule has 0 atom stereocenters. The molecule has 0 spiro atoms. The highest BCUT2D eigenvalue weighted by molar-refractivity contribution is 5.74. The van der Waals surface area contributed by atoms with E-state index >= 15 is 0 Å². The second kappa shape index (κ2) is 4.19. The van der Waals surface area contributed by atoms with Crippen LogP contribution >= 0.6 is 0 Å². The molecule has 3 N–H and O–H groups in total. The van der Waals surface area contributed by atoms with Crippen molar-refractivity contribution in [2.75, 3.05) is 6.54 Å². The molecule has 0 aromatic carbocycles. The highest BCUT2D eigenvalue weighted by Crippen LogP contribution is 2.17. The number of fused-ring (bicyclic) bond motifs is 1. The van der Waals surface area contributed by atoms with Crippen LogP contribution in [0.15, 0.2) is 18.3 Å². The Labute approximate surface area is 103 Å². The summed E-state index contributed by atoms with van der Waals surface area (Å²) in [5, 5.41) is 8.03. The maximum atomic E-state index is 5.46. The second-order valence-electron chi connectivity index (χ2n) is 4.06. The molecule has 92 valence electrons. The van der Waals surface area contributed by atoms with Gasteiger partial charge in [-0.05, 0) is 19.1 Å². The lowest BCUT2D eigenvalue weighted by atomic mass is 10.3. The molecule has 0 bridgehead atoms. The SMILES string of the molecule is Cc1ccc2[nH]c(-c3cn(CCN)nn3)nc2n1. The molecule has 3 heterocycles. The molecule has 0 aliphatic heterocycles. The Morgan fingerprint density at radius 3 is 3.06 bits per heavy atom. The first kappa shape index (κ1) is 10.8. The Morgan fingerprint density at radius 1 is 1.33 bits per heavy atom. The fraction of sp³-hybridized carbons (Fsp3) is 0.273. The third-order valence-corrected chi connectivity index (χ3v) is 2.62. The molecule has 0 aliphatic carbocycles. The van der Waals surface area contributed by atoms with Gasteiger partial charge in [-0.1, -0.05) is 5.21 Å². The van der Waals surface area contributed by atoms with Crippen molar-refractivity contribution in [2.45, 2.75) is 13.5 Å². The number of imidazole rings is 1. The van der Waals surface area contributed by atoms with Gasteiger partial charge in [-0.15, -0.1) is 5.10 Å². The number of H-pyrrole nitrogens is 1. The van der Waals surface area contributed by atoms with Crippen molar-refractivity contribution in [1.29, 1.82) is 0 Å². The smallest absolute Gasteiger partial charge is 0.178 e. The molecule has 7 nitrogen and oxygen atoms in total. The maximum Gasteiger partial charge on any atom is 0.178 e. The molecule has 0 saturated carbocycles. The van der Waals surface area contributed by atoms with E-state index in [-0.39, 0.29) is 0 Å². The van der Waals surface area contributed by atoms with Crippen molar-refractivity contribution in [3.63, 3.8) is 0 Å². The van der Waals surface area contributed by atoms with Crippen molar-refractivity contribution in [1.82, 2.24) is 29.9 Å². The van der Waals surface area contributed by atoms with Gasteiger partial charge >= 0.3 is 0 Å². The summed E-state index contributed by atoms with van der Waals surface area (Å²) in [5.74, 6) is 0.673. The van der Waals surface area contributed by atoms with Crippen LogP contribution in [-0.2, 0) is 6.54 Å². The molecule has 0 amide bonds. The van der Waals surface area contributed by atoms with E-state index in [2.05, 4.69) is 25.3 Å². The number of nitrogens with one attached hydrogen (secondary N) is 1. The Kier molecular flexibility index (Phi) is 2.52. The lowest BCUT2D eigenvalue weighted by Crippen LogP contribution is -2.10. The monoisotopic (exact) mass is 243 g/mol. The van der Waals surface area contributed by atoms with Gasteiger partial charge in [0, 0.05) is 12.2 Å². The van der Waals surface area contributed by atoms with Gasteiger partial charge in [0.2, 0.25) is 0 Å². The van der Waals surface area contributed by atoms with E-state index in [1.165, 1.54) is 0 Å². The van der Waals surface area contributed by atoms with Gasteiger partial charge in [0.25, 0.3) is 0 Å². The van der Waals surface area contributed by atoms with Gasteiger partial charge < -0.3 is 10.7 Å². The van der Waals surface area contributed by atoms with Gasteiger partial charge in [-0.3, -0.25) is 4.68 Å². The van der Waals surface area contributed by atoms with E-state index in [1.807, 2.05) is 25.3 Å². The van der Waals surface area contributed by atoms with E-state index in [0.29, 0.717) is 30.3 Å². The number of aromatic nitrogens is 6. The third kappa shape index (κ3) is 1.84. The molecular weight excluding hydrogens is 230 g/mol. The molecule has 0 radical (unpaired) electrons. The Bertz CT molecular complexity index is 682. The summed E-state index contributed by atoms with van der Waals surface area (Å²) in [6.07, 6.45) is 1.82. The molecule has 3 aromatic heterocycles. The van der Waals surface area contributed by atoms with E-state index in [9.17, 15) is 0 Å². The zero-order valence-electron chi connectivity index (χ0n) is 9.96. The van der Waals surface area contributed by atoms with E-state index < -0.39 is 0 Å². The molecule has 0 unspecified atom stereocenters. The van der Waals surface area contributed by atoms with E-state index in [0.717, 1.165) is 11.2 Å². The fourth-order valence-electron chi connectivity index (χ4n) is 1.76. The van der Waals surface area contributed by atoms with Crippen LogP contribution in [0, 0.1) is 6.92 Å². The average Bonchev–Trinajstić information content (AvgIpc) is 2.94. The predicted octanol–water partition coefficient (Wildman–Crippen LogP) is 0.484. The first-order valence-corrected chi connectivity index (χ1v) is 5.70. The first-order chi connectivity index (χ1) is 8.76. The quantitative estimate of drug-likeness (QED) is 0.697. The number of rotatable bonds is 3. The number of aromatic amines is 1. The summed E-state index contributed by atoms with van der Waals surface area (Å²) in [6, 6.07) is 3.90. The van der Waals surface area contributed by atoms with Gasteiger partial charge in [0.15, 0.2) is 11.5 Å². The van der Waals surface area contributed by atoms with Crippen LogP contribution in [0.5, 0.6) is 0 Å². The van der Waals surface area contributed by atoms with Crippen LogP contribution in [-0.4, -0.2) is 36.5 Å². The van der Waals surface area contributed by atoms with Gasteiger partial charge in [0.1, 0.15) is 5.69 Å². The second-order valence-corrected chi connectivity index (χ2v) is 4.06. The van der Waals surface area contributed by atoms with E-state index in [1.54, 1.807) is 4.68 Å². The predicted molar refractivity (Wildman–Crippen MR) is 66.7 cm³/mol. The minimum atomic E-state index is 0.531. The fourth-order valence-corrected chi connectivity index (χ4v) is 1.76. The summed E-state index contributed by atoms with van der Waals surface area (Å²) in [7, 11) is 0. The molecule has 0 aliphatic rings. The summed E-state index contributed by atoms with van der Waals surface area (Å²) < 4.78 is 1.70. The number of hydrogen-bond donors (Lipinski definition) is 2. The van der Waals surface area contributed by atoms with Crippen LogP contribution in [0.2, 0.25) is 0 Å². The lowest BCUT2D eigenvalue weighted by molar-refractivity contribution is 0.598. The van der Waals surface area contributed by atoms with E-state index in [4.69, 9.17) is 5.73 Å². The van der Waals surface area contributed by atoms with Crippen molar-refractivity contribution < 1.29 is 0 Å². The van der Waals surface area contributed by atoms with Crippen molar-refractivity contribution in [3.05, 3.63) is 24.0 Å². The largest absolute Gasteiger partial charge is 0.335 e. The van der Waals surface area contributed by atoms with Gasteiger partial charge in [-0.25, -0.2) is 9.97 Å². The van der Waals surface area contributed by atoms with Gasteiger partial charge in [0.05, 0.1) is 18.3 Å². The average molecular weight is 243 g/mol. The molecule has 0 saturated heterocycles. The Balaban J connectivity index is 2.02. The standard InChI is InChI=1S/C11H13N7/c1-7-2-3-8-10(13-7)15-11(14-8)9-6-18(5-4-12)17-16-9/h2-3,6H,4-5,12H2,1H3,(H,13,14,15). The van der Waals surface area contributed by atoms with Crippen LogP contribution in [0.3, 0.4) is 0 Å². The number of hydrogen-bond acceptors (Lipinski definition) is 5. The topological polar surface area (TPSA) is 98.3 Å². The molecule has 0 fully saturated rings. The normalized spacial score (nSPS) is 11.2. The van der Waals surface area contributed by atoms with Crippen LogP contribution < -0.4 is 5.73 Å². The van der Waals surface area contributed by atoms with Crippen molar-refractivity contribution in [2.24, 2.45) is 5.73 Å². The highest BCUT2D eigenvalue weighted by atomic mass is 15.4. The number of nitrogens with two attached hydrogens (primary N) is 1. The summed E-state index contributed by atoms with van der Waals surface area (Å²) in [6.45, 7) is 3.11. The van der Waals surface area contributed by atoms with Crippen LogP contribution in [0.1, 0.15) is 5.69 Å². The summed E-state index contributed by atoms with van der Waals surface area (Å²) in [5.41, 5.74) is 8.68. The Hall–Kier alpha value is -2.28. The van der Waals surface area contributed by atoms with Crippen molar-refractivity contribution >= 4 is 11.2 Å². The maximum absolute atomic E-state index is 5.46. The Morgan fingerprint density at radius 2 is 2.22 bits per heavy atom. The lowest BCUT2D eigenvalue weighted by Gasteiger charge is -1.92. The highest BCUT2D eigenvalue weighted by Gasteiger charge is 2.09. The minimum absolute atomic E-state index is 0.531. The number of pyridine rings is 1. The molecule has 3 aromatic rings. The third-order valence-electron chi connectivity index (χ3n) is 2.62. The van der Waals surface area contributed by atoms with Crippen LogP contribution in [0.25, 0.3) is 22.7 Å². The zero-order chi connectivity index (χ0) is 12.5. The molecule has 7 heteroatoms. The summed E-state index contributed by atoms with van der Waals surface area (Å²) in [4.78, 5) is 11.9. The number of aryl methyl sites for hydroxylation is 1. The zero-order valence-corrected chi connectivity index (χ0v) is 9.96. The van der Waals surface area contributed by atoms with Crippen LogP contribution in [0.4, 0.5) is 0 Å². The summed E-state index contributed by atoms with van der Waals surface area (Å²) >= 11 is 0. The first-order valence-electron chi connectivity index (χ1n) is 5.70. The molecular formula is C11H13N7. The number of nitrogens with zero attached hydrogens (tertiary/aromatic N) is 5. The van der Waals surface area contributed by atoms with Gasteiger partial charge in [-0.2, -0.15) is 0 Å². The molecule has 18 heavy (non-hydrogen) atoms.